The highest BCUT2D eigenvalue weighted by atomic mass is 19.1. The molecule has 1 aliphatic rings. The monoisotopic (exact) mass is 489 g/mol. The van der Waals surface area contributed by atoms with Crippen LogP contribution in [0.5, 0.6) is 0 Å². The largest absolute Gasteiger partial charge is 0.349 e. The number of amides is 2. The quantitative estimate of drug-likeness (QED) is 0.281. The molecule has 182 valence electrons. The van der Waals surface area contributed by atoms with Gasteiger partial charge in [0.25, 0.3) is 0 Å². The molecule has 4 rings (SSSR count). The zero-order valence-electron chi connectivity index (χ0n) is 18.1. The lowest BCUT2D eigenvalue weighted by atomic mass is 10.0. The Morgan fingerprint density at radius 3 is 2.51 bits per heavy atom. The Bertz CT molecular complexity index is 1270. The van der Waals surface area contributed by atoms with Gasteiger partial charge in [-0.05, 0) is 54.8 Å². The number of benzene rings is 2. The SMILES string of the molecule is O=C(NCc1cc(F)cc(F)c1)Nc1nc(N2CCC[C@@H]2c2cc(F)ccc2F)ccc1[N+](=O)[O-]. The van der Waals surface area contributed by atoms with Gasteiger partial charge in [-0.15, -0.1) is 0 Å². The molecular weight excluding hydrogens is 470 g/mol. The fourth-order valence-electron chi connectivity index (χ4n) is 4.02. The van der Waals surface area contributed by atoms with E-state index in [1.165, 1.54) is 6.07 Å². The summed E-state index contributed by atoms with van der Waals surface area (Å²) in [6.07, 6.45) is 1.15. The standard InChI is InChI=1S/C23H19F4N5O3/c24-14-3-4-18(27)17(11-14)19-2-1-7-31(19)21-6-5-20(32(34)35)22(29-21)30-23(33)28-12-13-8-15(25)10-16(26)9-13/h3-6,8-11,19H,1-2,7,12H2,(H2,28,29,30,33)/t19-/m1/s1. The number of hydrogen-bond acceptors (Lipinski definition) is 5. The topological polar surface area (TPSA) is 100 Å². The van der Waals surface area contributed by atoms with Crippen LogP contribution >= 0.6 is 0 Å². The van der Waals surface area contributed by atoms with Crippen molar-refractivity contribution in [3.05, 3.63) is 93.0 Å². The van der Waals surface area contributed by atoms with Gasteiger partial charge in [0.2, 0.25) is 5.82 Å². The Morgan fingerprint density at radius 2 is 1.80 bits per heavy atom. The number of pyridine rings is 1. The lowest BCUT2D eigenvalue weighted by Crippen LogP contribution is -2.30. The van der Waals surface area contributed by atoms with E-state index in [1.807, 2.05) is 0 Å². The zero-order valence-corrected chi connectivity index (χ0v) is 18.1. The molecule has 0 saturated carbocycles. The fourth-order valence-corrected chi connectivity index (χ4v) is 4.02. The van der Waals surface area contributed by atoms with Crippen LogP contribution in [0, 0.1) is 33.4 Å². The van der Waals surface area contributed by atoms with Gasteiger partial charge in [0.15, 0.2) is 0 Å². The van der Waals surface area contributed by atoms with Crippen LogP contribution in [0.1, 0.15) is 30.0 Å². The number of halogens is 4. The lowest BCUT2D eigenvalue weighted by molar-refractivity contribution is -0.384. The number of aromatic nitrogens is 1. The molecule has 12 heteroatoms. The van der Waals surface area contributed by atoms with Crippen LogP contribution in [0.25, 0.3) is 0 Å². The molecule has 1 saturated heterocycles. The molecule has 1 aromatic heterocycles. The third-order valence-corrected chi connectivity index (χ3v) is 5.53. The number of rotatable bonds is 6. The third kappa shape index (κ3) is 5.48. The molecule has 1 aliphatic heterocycles. The predicted octanol–water partition coefficient (Wildman–Crippen LogP) is 5.21. The second-order valence-corrected chi connectivity index (χ2v) is 7.90. The molecule has 2 aromatic carbocycles. The molecule has 8 nitrogen and oxygen atoms in total. The average molecular weight is 489 g/mol. The lowest BCUT2D eigenvalue weighted by Gasteiger charge is -2.26. The number of nitrogens with zero attached hydrogens (tertiary/aromatic N) is 3. The number of carbonyl (C=O) groups excluding carboxylic acids is 1. The van der Waals surface area contributed by atoms with Gasteiger partial charge < -0.3 is 10.2 Å². The van der Waals surface area contributed by atoms with E-state index in [0.29, 0.717) is 25.5 Å². The summed E-state index contributed by atoms with van der Waals surface area (Å²) in [7, 11) is 0. The summed E-state index contributed by atoms with van der Waals surface area (Å²) in [5.74, 6) is -2.96. The van der Waals surface area contributed by atoms with Crippen molar-refractivity contribution in [2.24, 2.45) is 0 Å². The maximum atomic E-state index is 14.4. The van der Waals surface area contributed by atoms with Crippen molar-refractivity contribution in [1.29, 1.82) is 0 Å². The van der Waals surface area contributed by atoms with Crippen molar-refractivity contribution in [2.45, 2.75) is 25.4 Å². The van der Waals surface area contributed by atoms with E-state index in [1.54, 1.807) is 4.90 Å². The molecule has 2 heterocycles. The summed E-state index contributed by atoms with van der Waals surface area (Å²) >= 11 is 0. The van der Waals surface area contributed by atoms with Gasteiger partial charge in [-0.1, -0.05) is 0 Å². The first-order chi connectivity index (χ1) is 16.7. The van der Waals surface area contributed by atoms with E-state index in [-0.39, 0.29) is 29.3 Å². The number of anilines is 2. The second-order valence-electron chi connectivity index (χ2n) is 7.90. The average Bonchev–Trinajstić information content (AvgIpc) is 3.28. The maximum absolute atomic E-state index is 14.4. The highest BCUT2D eigenvalue weighted by Gasteiger charge is 2.31. The molecule has 1 fully saturated rings. The first kappa shape index (κ1) is 23.9. The molecule has 2 N–H and O–H groups in total. The number of nitro groups is 1. The summed E-state index contributed by atoms with van der Waals surface area (Å²) in [6.45, 7) is 0.184. The minimum Gasteiger partial charge on any atom is -0.349 e. The van der Waals surface area contributed by atoms with Crippen molar-refractivity contribution >= 4 is 23.4 Å². The van der Waals surface area contributed by atoms with Gasteiger partial charge in [-0.25, -0.2) is 27.3 Å². The molecule has 35 heavy (non-hydrogen) atoms. The van der Waals surface area contributed by atoms with E-state index in [2.05, 4.69) is 15.6 Å². The summed E-state index contributed by atoms with van der Waals surface area (Å²) < 4.78 is 54.8. The Balaban J connectivity index is 1.56. The molecule has 0 unspecified atom stereocenters. The van der Waals surface area contributed by atoms with Crippen molar-refractivity contribution in [3.63, 3.8) is 0 Å². The Morgan fingerprint density at radius 1 is 1.06 bits per heavy atom. The normalized spacial score (nSPS) is 15.2. The molecule has 1 atom stereocenters. The zero-order chi connectivity index (χ0) is 25.1. The van der Waals surface area contributed by atoms with Gasteiger partial charge >= 0.3 is 11.7 Å². The van der Waals surface area contributed by atoms with Gasteiger partial charge in [-0.3, -0.25) is 15.4 Å². The number of nitrogens with one attached hydrogen (secondary N) is 2. The fraction of sp³-hybridized carbons (Fsp3) is 0.217. The minimum atomic E-state index is -0.892. The van der Waals surface area contributed by atoms with E-state index in [9.17, 15) is 32.5 Å². The second kappa shape index (κ2) is 9.95. The van der Waals surface area contributed by atoms with E-state index >= 15 is 0 Å². The van der Waals surface area contributed by atoms with Crippen LogP contribution in [0.4, 0.5) is 39.7 Å². The molecular formula is C23H19F4N5O3. The maximum Gasteiger partial charge on any atom is 0.320 e. The van der Waals surface area contributed by atoms with Gasteiger partial charge in [0.05, 0.1) is 11.0 Å². The molecule has 0 bridgehead atoms. The Labute approximate surface area is 196 Å². The van der Waals surface area contributed by atoms with Gasteiger partial charge in [-0.2, -0.15) is 0 Å². The third-order valence-electron chi connectivity index (χ3n) is 5.53. The smallest absolute Gasteiger partial charge is 0.320 e. The molecule has 0 aliphatic carbocycles. The minimum absolute atomic E-state index is 0.136. The Kier molecular flexibility index (Phi) is 6.80. The van der Waals surface area contributed by atoms with Gasteiger partial charge in [0.1, 0.15) is 29.1 Å². The van der Waals surface area contributed by atoms with Crippen LogP contribution in [0.2, 0.25) is 0 Å². The predicted molar refractivity (Wildman–Crippen MR) is 119 cm³/mol. The Hall–Kier alpha value is -4.22. The molecule has 0 radical (unpaired) electrons. The summed E-state index contributed by atoms with van der Waals surface area (Å²) in [5, 5.41) is 16.1. The summed E-state index contributed by atoms with van der Waals surface area (Å²) in [4.78, 5) is 29.0. The van der Waals surface area contributed by atoms with Crippen molar-refractivity contribution in [3.8, 4) is 0 Å². The first-order valence-corrected chi connectivity index (χ1v) is 10.6. The highest BCUT2D eigenvalue weighted by molar-refractivity contribution is 5.90. The number of carbonyl (C=O) groups is 1. The van der Waals surface area contributed by atoms with E-state index in [4.69, 9.17) is 0 Å². The number of urea groups is 1. The van der Waals surface area contributed by atoms with Crippen LogP contribution in [-0.4, -0.2) is 22.5 Å². The number of hydrogen-bond donors (Lipinski definition) is 2. The van der Waals surface area contributed by atoms with Crippen LogP contribution in [0.3, 0.4) is 0 Å². The van der Waals surface area contributed by atoms with Crippen LogP contribution < -0.4 is 15.5 Å². The van der Waals surface area contributed by atoms with Crippen molar-refractivity contribution in [1.82, 2.24) is 10.3 Å². The molecule has 3 aromatic rings. The van der Waals surface area contributed by atoms with E-state index < -0.39 is 46.0 Å². The van der Waals surface area contributed by atoms with Crippen LogP contribution in [0.15, 0.2) is 48.5 Å². The van der Waals surface area contributed by atoms with Gasteiger partial charge in [0, 0.05) is 30.8 Å². The molecule has 2 amide bonds. The van der Waals surface area contributed by atoms with Crippen LogP contribution in [-0.2, 0) is 6.54 Å². The molecule has 0 spiro atoms. The van der Waals surface area contributed by atoms with E-state index in [0.717, 1.165) is 36.4 Å². The summed E-state index contributed by atoms with van der Waals surface area (Å²) in [5.41, 5.74) is -0.212. The van der Waals surface area contributed by atoms with Crippen molar-refractivity contribution in [2.75, 3.05) is 16.8 Å². The highest BCUT2D eigenvalue weighted by Crippen LogP contribution is 2.38. The van der Waals surface area contributed by atoms with Crippen molar-refractivity contribution < 1.29 is 27.3 Å². The first-order valence-electron chi connectivity index (χ1n) is 10.6. The summed E-state index contributed by atoms with van der Waals surface area (Å²) in [6, 6.07) is 6.97.